The summed E-state index contributed by atoms with van der Waals surface area (Å²) in [6.07, 6.45) is -1.80. The van der Waals surface area contributed by atoms with Gasteiger partial charge in [0, 0.05) is 12.4 Å². The zero-order valence-corrected chi connectivity index (χ0v) is 10.3. The first-order valence-corrected chi connectivity index (χ1v) is 5.63. The number of hydrogen-bond acceptors (Lipinski definition) is 4. The summed E-state index contributed by atoms with van der Waals surface area (Å²) >= 11 is 0. The minimum Gasteiger partial charge on any atom is -0.480 e. The van der Waals surface area contributed by atoms with Crippen molar-refractivity contribution in [2.75, 3.05) is 13.7 Å². The molecule has 1 aromatic rings. The van der Waals surface area contributed by atoms with Gasteiger partial charge in [-0.3, -0.25) is 4.98 Å². The maximum atomic E-state index is 12.5. The largest absolute Gasteiger partial charge is 0.480 e. The van der Waals surface area contributed by atoms with Crippen LogP contribution in [0.1, 0.15) is 31.5 Å². The van der Waals surface area contributed by atoms with Gasteiger partial charge in [0.1, 0.15) is 5.69 Å². The summed E-state index contributed by atoms with van der Waals surface area (Å²) in [6.45, 7) is 2.35. The van der Waals surface area contributed by atoms with Gasteiger partial charge in [-0.05, 0) is 13.0 Å². The van der Waals surface area contributed by atoms with Crippen molar-refractivity contribution < 1.29 is 17.9 Å². The van der Waals surface area contributed by atoms with E-state index in [0.29, 0.717) is 6.54 Å². The van der Waals surface area contributed by atoms with Crippen LogP contribution in [-0.2, 0) is 0 Å². The number of methoxy groups -OCH3 is 1. The topological polar surface area (TPSA) is 47.0 Å². The fourth-order valence-electron chi connectivity index (χ4n) is 1.55. The maximum Gasteiger partial charge on any atom is 0.390 e. The fourth-order valence-corrected chi connectivity index (χ4v) is 1.55. The maximum absolute atomic E-state index is 12.5. The van der Waals surface area contributed by atoms with Crippen LogP contribution in [0.15, 0.2) is 12.4 Å². The molecule has 18 heavy (non-hydrogen) atoms. The van der Waals surface area contributed by atoms with Crippen molar-refractivity contribution in [1.29, 1.82) is 0 Å². The van der Waals surface area contributed by atoms with Gasteiger partial charge in [-0.15, -0.1) is 0 Å². The lowest BCUT2D eigenvalue weighted by atomic mass is 10.1. The molecule has 0 aliphatic heterocycles. The average molecular weight is 263 g/mol. The Bertz CT molecular complexity index is 371. The van der Waals surface area contributed by atoms with Crippen LogP contribution in [0.4, 0.5) is 13.2 Å². The number of alkyl halides is 3. The van der Waals surface area contributed by atoms with Gasteiger partial charge in [-0.2, -0.15) is 13.2 Å². The van der Waals surface area contributed by atoms with Crippen LogP contribution < -0.4 is 10.1 Å². The number of halogens is 3. The monoisotopic (exact) mass is 263 g/mol. The Morgan fingerprint density at radius 2 is 2.00 bits per heavy atom. The standard InChI is InChI=1S/C11H16F3N3O/c1-3-4-15-8(7-11(12,13)14)9-10(18-2)17-6-5-16-9/h5-6,8,15H,3-4,7H2,1-2H3. The van der Waals surface area contributed by atoms with Gasteiger partial charge in [0.05, 0.1) is 19.6 Å². The van der Waals surface area contributed by atoms with Gasteiger partial charge < -0.3 is 10.1 Å². The first kappa shape index (κ1) is 14.7. The highest BCUT2D eigenvalue weighted by Crippen LogP contribution is 2.31. The Morgan fingerprint density at radius 3 is 2.56 bits per heavy atom. The van der Waals surface area contributed by atoms with E-state index in [-0.39, 0.29) is 11.6 Å². The molecule has 0 bridgehead atoms. The summed E-state index contributed by atoms with van der Waals surface area (Å²) < 4.78 is 42.5. The SMILES string of the molecule is CCCNC(CC(F)(F)F)c1nccnc1OC. The highest BCUT2D eigenvalue weighted by atomic mass is 19.4. The molecule has 1 heterocycles. The Morgan fingerprint density at radius 1 is 1.33 bits per heavy atom. The summed E-state index contributed by atoms with van der Waals surface area (Å²) in [5.41, 5.74) is 0.186. The van der Waals surface area contributed by atoms with E-state index in [4.69, 9.17) is 4.74 Å². The van der Waals surface area contributed by atoms with Crippen LogP contribution in [0.25, 0.3) is 0 Å². The van der Waals surface area contributed by atoms with Gasteiger partial charge in [0.25, 0.3) is 0 Å². The predicted octanol–water partition coefficient (Wildman–Crippen LogP) is 2.48. The molecule has 102 valence electrons. The van der Waals surface area contributed by atoms with Gasteiger partial charge in [0.15, 0.2) is 0 Å². The number of aromatic nitrogens is 2. The van der Waals surface area contributed by atoms with Crippen molar-refractivity contribution in [2.24, 2.45) is 0 Å². The van der Waals surface area contributed by atoms with Crippen molar-refractivity contribution in [2.45, 2.75) is 32.0 Å². The second-order valence-corrected chi connectivity index (χ2v) is 3.78. The van der Waals surface area contributed by atoms with E-state index in [1.807, 2.05) is 6.92 Å². The van der Waals surface area contributed by atoms with E-state index in [0.717, 1.165) is 6.42 Å². The third-order valence-corrected chi connectivity index (χ3v) is 2.29. The van der Waals surface area contributed by atoms with Crippen molar-refractivity contribution >= 4 is 0 Å². The molecule has 7 heteroatoms. The molecule has 0 amide bonds. The molecule has 1 rings (SSSR count). The molecule has 1 aromatic heterocycles. The summed E-state index contributed by atoms with van der Waals surface area (Å²) in [5, 5.41) is 2.81. The van der Waals surface area contributed by atoms with Crippen LogP contribution in [0, 0.1) is 0 Å². The molecule has 0 spiro atoms. The van der Waals surface area contributed by atoms with Gasteiger partial charge in [-0.25, -0.2) is 4.98 Å². The highest BCUT2D eigenvalue weighted by molar-refractivity contribution is 5.21. The Labute approximate surface area is 104 Å². The van der Waals surface area contributed by atoms with Crippen LogP contribution >= 0.6 is 0 Å². The Balaban J connectivity index is 2.93. The summed E-state index contributed by atoms with van der Waals surface area (Å²) in [5.74, 6) is 0.121. The minimum absolute atomic E-state index is 0.121. The molecular formula is C11H16F3N3O. The van der Waals surface area contributed by atoms with E-state index in [1.165, 1.54) is 19.5 Å². The molecule has 0 fully saturated rings. The normalized spacial score (nSPS) is 13.4. The van der Waals surface area contributed by atoms with Gasteiger partial charge in [-0.1, -0.05) is 6.92 Å². The lowest BCUT2D eigenvalue weighted by Gasteiger charge is -2.20. The smallest absolute Gasteiger partial charge is 0.390 e. The number of rotatable bonds is 6. The van der Waals surface area contributed by atoms with Gasteiger partial charge in [0.2, 0.25) is 5.88 Å². The Hall–Kier alpha value is -1.37. The summed E-state index contributed by atoms with van der Waals surface area (Å²) in [4.78, 5) is 7.80. The van der Waals surface area contributed by atoms with Crippen LogP contribution in [0.2, 0.25) is 0 Å². The lowest BCUT2D eigenvalue weighted by molar-refractivity contribution is -0.140. The lowest BCUT2D eigenvalue weighted by Crippen LogP contribution is -2.28. The first-order chi connectivity index (χ1) is 8.48. The molecule has 0 radical (unpaired) electrons. The zero-order valence-electron chi connectivity index (χ0n) is 10.3. The van der Waals surface area contributed by atoms with E-state index in [9.17, 15) is 13.2 Å². The van der Waals surface area contributed by atoms with Crippen molar-refractivity contribution in [3.05, 3.63) is 18.1 Å². The van der Waals surface area contributed by atoms with Crippen LogP contribution in [-0.4, -0.2) is 29.8 Å². The molecule has 1 N–H and O–H groups in total. The van der Waals surface area contributed by atoms with Gasteiger partial charge >= 0.3 is 6.18 Å². The second-order valence-electron chi connectivity index (χ2n) is 3.78. The third kappa shape index (κ3) is 4.48. The Kier molecular flexibility index (Phi) is 5.33. The van der Waals surface area contributed by atoms with E-state index in [2.05, 4.69) is 15.3 Å². The van der Waals surface area contributed by atoms with E-state index < -0.39 is 18.6 Å². The van der Waals surface area contributed by atoms with Crippen molar-refractivity contribution in [1.82, 2.24) is 15.3 Å². The molecular weight excluding hydrogens is 247 g/mol. The summed E-state index contributed by atoms with van der Waals surface area (Å²) in [7, 11) is 1.36. The molecule has 0 aliphatic rings. The molecule has 0 saturated heterocycles. The van der Waals surface area contributed by atoms with E-state index >= 15 is 0 Å². The fraction of sp³-hybridized carbons (Fsp3) is 0.636. The predicted molar refractivity (Wildman–Crippen MR) is 60.3 cm³/mol. The number of nitrogens with zero attached hydrogens (tertiary/aromatic N) is 2. The zero-order chi connectivity index (χ0) is 13.6. The number of hydrogen-bond donors (Lipinski definition) is 1. The van der Waals surface area contributed by atoms with Crippen molar-refractivity contribution in [3.8, 4) is 5.88 Å². The third-order valence-electron chi connectivity index (χ3n) is 2.29. The van der Waals surface area contributed by atoms with Crippen molar-refractivity contribution in [3.63, 3.8) is 0 Å². The molecule has 4 nitrogen and oxygen atoms in total. The molecule has 1 unspecified atom stereocenters. The number of ether oxygens (including phenoxy) is 1. The molecule has 0 aromatic carbocycles. The van der Waals surface area contributed by atoms with Crippen LogP contribution in [0.3, 0.4) is 0 Å². The average Bonchev–Trinajstić information content (AvgIpc) is 2.33. The minimum atomic E-state index is -4.27. The molecule has 1 atom stereocenters. The highest BCUT2D eigenvalue weighted by Gasteiger charge is 2.34. The second kappa shape index (κ2) is 6.53. The number of nitrogens with one attached hydrogen (secondary N) is 1. The van der Waals surface area contributed by atoms with E-state index in [1.54, 1.807) is 0 Å². The summed E-state index contributed by atoms with van der Waals surface area (Å²) in [6, 6.07) is -0.936. The molecule has 0 saturated carbocycles. The molecule has 0 aliphatic carbocycles. The quantitative estimate of drug-likeness (QED) is 0.856. The first-order valence-electron chi connectivity index (χ1n) is 5.63. The van der Waals surface area contributed by atoms with Crippen LogP contribution in [0.5, 0.6) is 5.88 Å².